The van der Waals surface area contributed by atoms with Gasteiger partial charge in [-0.2, -0.15) is 0 Å². The molecule has 5 heteroatoms. The van der Waals surface area contributed by atoms with E-state index < -0.39 is 0 Å². The maximum absolute atomic E-state index is 12.4. The third kappa shape index (κ3) is 2.20. The SMILES string of the molecule is C=CCN1CC[C@@H]2CN(c3cnccn3)C[C@@H]2C1=O. The van der Waals surface area contributed by atoms with Crippen LogP contribution in [0.3, 0.4) is 0 Å². The average molecular weight is 258 g/mol. The van der Waals surface area contributed by atoms with Crippen molar-refractivity contribution in [3.8, 4) is 0 Å². The van der Waals surface area contributed by atoms with Gasteiger partial charge >= 0.3 is 0 Å². The first-order chi connectivity index (χ1) is 9.29. The van der Waals surface area contributed by atoms with Crippen molar-refractivity contribution >= 4 is 11.7 Å². The zero-order valence-corrected chi connectivity index (χ0v) is 10.9. The number of carbonyl (C=O) groups excluding carboxylic acids is 1. The molecular weight excluding hydrogens is 240 g/mol. The van der Waals surface area contributed by atoms with Crippen molar-refractivity contribution in [2.24, 2.45) is 11.8 Å². The normalized spacial score (nSPS) is 26.4. The van der Waals surface area contributed by atoms with Gasteiger partial charge in [0.1, 0.15) is 5.82 Å². The van der Waals surface area contributed by atoms with Gasteiger partial charge in [-0.25, -0.2) is 4.98 Å². The molecule has 1 amide bonds. The van der Waals surface area contributed by atoms with Crippen molar-refractivity contribution < 1.29 is 4.79 Å². The summed E-state index contributed by atoms with van der Waals surface area (Å²) in [5, 5.41) is 0. The van der Waals surface area contributed by atoms with Crippen LogP contribution in [0, 0.1) is 11.8 Å². The van der Waals surface area contributed by atoms with E-state index in [1.165, 1.54) is 0 Å². The number of anilines is 1. The Bertz CT molecular complexity index is 476. The highest BCUT2D eigenvalue weighted by Gasteiger charge is 2.42. The molecule has 0 radical (unpaired) electrons. The molecule has 0 bridgehead atoms. The molecule has 2 atom stereocenters. The molecule has 19 heavy (non-hydrogen) atoms. The number of likely N-dealkylation sites (tertiary alicyclic amines) is 1. The zero-order valence-electron chi connectivity index (χ0n) is 10.9. The van der Waals surface area contributed by atoms with Gasteiger partial charge in [-0.3, -0.25) is 9.78 Å². The van der Waals surface area contributed by atoms with Crippen molar-refractivity contribution in [1.29, 1.82) is 0 Å². The van der Waals surface area contributed by atoms with E-state index in [0.29, 0.717) is 12.5 Å². The Hall–Kier alpha value is -1.91. The van der Waals surface area contributed by atoms with Crippen LogP contribution in [0.5, 0.6) is 0 Å². The van der Waals surface area contributed by atoms with E-state index >= 15 is 0 Å². The van der Waals surface area contributed by atoms with Gasteiger partial charge in [0.25, 0.3) is 0 Å². The standard InChI is InChI=1S/C14H18N4O/c1-2-6-17-7-3-11-9-18(10-12(11)14(17)19)13-8-15-4-5-16-13/h2,4-5,8,11-12H,1,3,6-7,9-10H2/t11-,12+/m1/s1. The largest absolute Gasteiger partial charge is 0.354 e. The van der Waals surface area contributed by atoms with Gasteiger partial charge in [0.2, 0.25) is 5.91 Å². The summed E-state index contributed by atoms with van der Waals surface area (Å²) in [6.07, 6.45) is 8.00. The second kappa shape index (κ2) is 4.99. The molecule has 1 aromatic heterocycles. The predicted molar refractivity (Wildman–Crippen MR) is 72.6 cm³/mol. The molecule has 3 heterocycles. The van der Waals surface area contributed by atoms with Crippen molar-refractivity contribution in [3.63, 3.8) is 0 Å². The molecule has 100 valence electrons. The van der Waals surface area contributed by atoms with E-state index in [0.717, 1.165) is 31.9 Å². The Kier molecular flexibility index (Phi) is 3.19. The van der Waals surface area contributed by atoms with Crippen LogP contribution in [0.1, 0.15) is 6.42 Å². The van der Waals surface area contributed by atoms with Crippen LogP contribution >= 0.6 is 0 Å². The number of amides is 1. The molecule has 0 aliphatic carbocycles. The highest BCUT2D eigenvalue weighted by atomic mass is 16.2. The minimum absolute atomic E-state index is 0.107. The Morgan fingerprint density at radius 1 is 1.42 bits per heavy atom. The number of hydrogen-bond donors (Lipinski definition) is 0. The molecule has 2 aliphatic heterocycles. The van der Waals surface area contributed by atoms with Gasteiger partial charge in [0.05, 0.1) is 12.1 Å². The topological polar surface area (TPSA) is 49.3 Å². The molecule has 0 aromatic carbocycles. The number of fused-ring (bicyclic) bond motifs is 1. The van der Waals surface area contributed by atoms with Gasteiger partial charge in [0.15, 0.2) is 0 Å². The van der Waals surface area contributed by atoms with Crippen molar-refractivity contribution in [2.45, 2.75) is 6.42 Å². The van der Waals surface area contributed by atoms with Crippen LogP contribution in [0.25, 0.3) is 0 Å². The van der Waals surface area contributed by atoms with Crippen molar-refractivity contribution in [2.75, 3.05) is 31.1 Å². The lowest BCUT2D eigenvalue weighted by atomic mass is 9.88. The van der Waals surface area contributed by atoms with Crippen LogP contribution in [-0.2, 0) is 4.79 Å². The van der Waals surface area contributed by atoms with Crippen LogP contribution < -0.4 is 4.90 Å². The molecule has 2 fully saturated rings. The molecule has 2 saturated heterocycles. The van der Waals surface area contributed by atoms with Crippen LogP contribution in [0.2, 0.25) is 0 Å². The number of hydrogen-bond acceptors (Lipinski definition) is 4. The van der Waals surface area contributed by atoms with E-state index in [1.54, 1.807) is 24.7 Å². The summed E-state index contributed by atoms with van der Waals surface area (Å²) in [4.78, 5) is 24.9. The Labute approximate surface area is 113 Å². The number of piperidine rings is 1. The smallest absolute Gasteiger partial charge is 0.228 e. The van der Waals surface area contributed by atoms with Gasteiger partial charge in [-0.15, -0.1) is 6.58 Å². The highest BCUT2D eigenvalue weighted by Crippen LogP contribution is 2.33. The fourth-order valence-corrected chi connectivity index (χ4v) is 3.09. The van der Waals surface area contributed by atoms with Gasteiger partial charge in [-0.05, 0) is 12.3 Å². The van der Waals surface area contributed by atoms with E-state index in [9.17, 15) is 4.79 Å². The first-order valence-electron chi connectivity index (χ1n) is 6.70. The van der Waals surface area contributed by atoms with Gasteiger partial charge in [-0.1, -0.05) is 6.08 Å². The Balaban J connectivity index is 1.74. The minimum atomic E-state index is 0.107. The maximum Gasteiger partial charge on any atom is 0.228 e. The van der Waals surface area contributed by atoms with Crippen molar-refractivity contribution in [1.82, 2.24) is 14.9 Å². The number of aromatic nitrogens is 2. The lowest BCUT2D eigenvalue weighted by molar-refractivity contribution is -0.138. The lowest BCUT2D eigenvalue weighted by Gasteiger charge is -2.32. The molecule has 0 N–H and O–H groups in total. The fourth-order valence-electron chi connectivity index (χ4n) is 3.09. The van der Waals surface area contributed by atoms with Gasteiger partial charge < -0.3 is 9.80 Å². The van der Waals surface area contributed by atoms with Crippen LogP contribution in [-0.4, -0.2) is 47.0 Å². The molecule has 0 saturated carbocycles. The first-order valence-corrected chi connectivity index (χ1v) is 6.70. The molecule has 3 rings (SSSR count). The second-order valence-electron chi connectivity index (χ2n) is 5.20. The highest BCUT2D eigenvalue weighted by molar-refractivity contribution is 5.81. The minimum Gasteiger partial charge on any atom is -0.354 e. The quantitative estimate of drug-likeness (QED) is 0.757. The maximum atomic E-state index is 12.4. The van der Waals surface area contributed by atoms with Gasteiger partial charge in [0, 0.05) is 38.6 Å². The average Bonchev–Trinajstić information content (AvgIpc) is 2.88. The summed E-state index contributed by atoms with van der Waals surface area (Å²) in [6.45, 7) is 6.90. The van der Waals surface area contributed by atoms with Crippen LogP contribution in [0.4, 0.5) is 5.82 Å². The fraction of sp³-hybridized carbons (Fsp3) is 0.500. The predicted octanol–water partition coefficient (Wildman–Crippen LogP) is 0.947. The summed E-state index contributed by atoms with van der Waals surface area (Å²) in [5.41, 5.74) is 0. The second-order valence-corrected chi connectivity index (χ2v) is 5.20. The van der Waals surface area contributed by atoms with Crippen molar-refractivity contribution in [3.05, 3.63) is 31.2 Å². The molecule has 2 aliphatic rings. The molecule has 5 nitrogen and oxygen atoms in total. The van der Waals surface area contributed by atoms with E-state index in [4.69, 9.17) is 0 Å². The summed E-state index contributed by atoms with van der Waals surface area (Å²) < 4.78 is 0. The number of nitrogens with zero attached hydrogens (tertiary/aromatic N) is 4. The zero-order chi connectivity index (χ0) is 13.2. The third-order valence-electron chi connectivity index (χ3n) is 4.06. The number of rotatable bonds is 3. The summed E-state index contributed by atoms with van der Waals surface area (Å²) in [7, 11) is 0. The van der Waals surface area contributed by atoms with E-state index in [2.05, 4.69) is 21.4 Å². The monoisotopic (exact) mass is 258 g/mol. The Morgan fingerprint density at radius 3 is 3.05 bits per heavy atom. The lowest BCUT2D eigenvalue weighted by Crippen LogP contribution is -2.45. The molecule has 1 aromatic rings. The summed E-state index contributed by atoms with van der Waals surface area (Å²) in [5.74, 6) is 1.70. The summed E-state index contributed by atoms with van der Waals surface area (Å²) in [6, 6.07) is 0. The number of carbonyl (C=O) groups is 1. The molecular formula is C14H18N4O. The third-order valence-corrected chi connectivity index (χ3v) is 4.06. The summed E-state index contributed by atoms with van der Waals surface area (Å²) >= 11 is 0. The van der Waals surface area contributed by atoms with Crippen LogP contribution in [0.15, 0.2) is 31.2 Å². The Morgan fingerprint density at radius 2 is 2.32 bits per heavy atom. The van der Waals surface area contributed by atoms with E-state index in [-0.39, 0.29) is 11.8 Å². The molecule has 0 spiro atoms. The molecule has 0 unspecified atom stereocenters. The first kappa shape index (κ1) is 12.1. The van der Waals surface area contributed by atoms with E-state index in [1.807, 2.05) is 4.90 Å².